The largest absolute Gasteiger partial charge is 0.481 e. The van der Waals surface area contributed by atoms with Gasteiger partial charge in [0.2, 0.25) is 0 Å². The minimum absolute atomic E-state index is 0.0255. The number of carboxylic acid groups (broad SMARTS) is 1. The molecule has 5 heteroatoms. The molecule has 1 spiro atoms. The predicted molar refractivity (Wildman–Crippen MR) is 48.8 cm³/mol. The molecule has 0 aromatic rings. The second-order valence-electron chi connectivity index (χ2n) is 4.18. The number of carboxylic acids is 1. The molecule has 1 heterocycles. The SMILES string of the molecule is CC1(C(=O)O)CC2(CC=C1F)OCCO2. The molecule has 1 saturated heterocycles. The molecule has 1 atom stereocenters. The first-order valence-electron chi connectivity index (χ1n) is 4.86. The van der Waals surface area contributed by atoms with Crippen molar-refractivity contribution >= 4 is 5.97 Å². The minimum atomic E-state index is -1.53. The second-order valence-corrected chi connectivity index (χ2v) is 4.18. The predicted octanol–water partition coefficient (Wildman–Crippen LogP) is 1.47. The summed E-state index contributed by atoms with van der Waals surface area (Å²) in [5, 5.41) is 9.02. The zero-order valence-corrected chi connectivity index (χ0v) is 8.46. The van der Waals surface area contributed by atoms with Crippen molar-refractivity contribution in [2.45, 2.75) is 25.6 Å². The number of hydrogen-bond donors (Lipinski definition) is 1. The monoisotopic (exact) mass is 216 g/mol. The Bertz CT molecular complexity index is 319. The molecular formula is C10H13FO4. The van der Waals surface area contributed by atoms with Gasteiger partial charge in [0.1, 0.15) is 11.2 Å². The van der Waals surface area contributed by atoms with Crippen LogP contribution in [-0.2, 0) is 14.3 Å². The highest BCUT2D eigenvalue weighted by molar-refractivity contribution is 5.78. The molecule has 2 aliphatic rings. The van der Waals surface area contributed by atoms with Crippen molar-refractivity contribution in [2.75, 3.05) is 13.2 Å². The van der Waals surface area contributed by atoms with E-state index < -0.39 is 23.0 Å². The van der Waals surface area contributed by atoms with Crippen molar-refractivity contribution in [1.82, 2.24) is 0 Å². The van der Waals surface area contributed by atoms with E-state index in [1.807, 2.05) is 0 Å². The Hall–Kier alpha value is -0.940. The smallest absolute Gasteiger partial charge is 0.316 e. The quantitative estimate of drug-likeness (QED) is 0.721. The molecule has 84 valence electrons. The van der Waals surface area contributed by atoms with Crippen molar-refractivity contribution in [3.8, 4) is 0 Å². The molecule has 1 fully saturated rings. The third kappa shape index (κ3) is 1.55. The number of rotatable bonds is 1. The molecule has 2 rings (SSSR count). The minimum Gasteiger partial charge on any atom is -0.481 e. The number of aliphatic carboxylic acids is 1. The van der Waals surface area contributed by atoms with Gasteiger partial charge in [-0.2, -0.15) is 0 Å². The normalized spacial score (nSPS) is 34.1. The third-order valence-electron chi connectivity index (χ3n) is 3.03. The maximum atomic E-state index is 13.5. The molecular weight excluding hydrogens is 203 g/mol. The van der Waals surface area contributed by atoms with Gasteiger partial charge in [0, 0.05) is 12.8 Å². The molecule has 0 bridgehead atoms. The third-order valence-corrected chi connectivity index (χ3v) is 3.03. The van der Waals surface area contributed by atoms with Crippen LogP contribution >= 0.6 is 0 Å². The Balaban J connectivity index is 2.30. The first-order valence-corrected chi connectivity index (χ1v) is 4.86. The average Bonchev–Trinajstić information content (AvgIpc) is 2.61. The summed E-state index contributed by atoms with van der Waals surface area (Å²) in [4.78, 5) is 11.0. The highest BCUT2D eigenvalue weighted by Gasteiger charge is 2.52. The highest BCUT2D eigenvalue weighted by Crippen LogP contribution is 2.46. The summed E-state index contributed by atoms with van der Waals surface area (Å²) in [6.45, 7) is 2.23. The zero-order valence-electron chi connectivity index (χ0n) is 8.46. The lowest BCUT2D eigenvalue weighted by Gasteiger charge is -2.37. The van der Waals surface area contributed by atoms with E-state index in [9.17, 15) is 9.18 Å². The van der Waals surface area contributed by atoms with Crippen LogP contribution in [-0.4, -0.2) is 30.1 Å². The summed E-state index contributed by atoms with van der Waals surface area (Å²) in [5.74, 6) is -2.72. The molecule has 15 heavy (non-hydrogen) atoms. The maximum Gasteiger partial charge on any atom is 0.316 e. The molecule has 0 amide bonds. The van der Waals surface area contributed by atoms with Crippen LogP contribution in [0.2, 0.25) is 0 Å². The van der Waals surface area contributed by atoms with Crippen LogP contribution in [0.15, 0.2) is 11.9 Å². The molecule has 1 aliphatic carbocycles. The fraction of sp³-hybridized carbons (Fsp3) is 0.700. The van der Waals surface area contributed by atoms with E-state index in [1.165, 1.54) is 13.0 Å². The number of hydrogen-bond acceptors (Lipinski definition) is 3. The molecule has 1 unspecified atom stereocenters. The Morgan fingerprint density at radius 2 is 2.13 bits per heavy atom. The fourth-order valence-corrected chi connectivity index (χ4v) is 2.06. The molecule has 0 aromatic carbocycles. The van der Waals surface area contributed by atoms with Crippen LogP contribution in [0, 0.1) is 5.41 Å². The van der Waals surface area contributed by atoms with Gasteiger partial charge < -0.3 is 14.6 Å². The lowest BCUT2D eigenvalue weighted by molar-refractivity contribution is -0.190. The van der Waals surface area contributed by atoms with E-state index in [0.717, 1.165) is 0 Å². The van der Waals surface area contributed by atoms with Gasteiger partial charge in [-0.1, -0.05) is 0 Å². The zero-order chi connectivity index (χ0) is 11.1. The lowest BCUT2D eigenvalue weighted by Crippen LogP contribution is -2.44. The van der Waals surface area contributed by atoms with Gasteiger partial charge in [0.25, 0.3) is 0 Å². The van der Waals surface area contributed by atoms with E-state index in [2.05, 4.69) is 0 Å². The van der Waals surface area contributed by atoms with Crippen molar-refractivity contribution < 1.29 is 23.8 Å². The lowest BCUT2D eigenvalue weighted by atomic mass is 9.76. The Morgan fingerprint density at radius 1 is 1.53 bits per heavy atom. The van der Waals surface area contributed by atoms with Crippen LogP contribution in [0.25, 0.3) is 0 Å². The van der Waals surface area contributed by atoms with Gasteiger partial charge in [-0.3, -0.25) is 4.79 Å². The van der Waals surface area contributed by atoms with Crippen LogP contribution in [0.1, 0.15) is 19.8 Å². The van der Waals surface area contributed by atoms with E-state index in [-0.39, 0.29) is 12.8 Å². The number of ether oxygens (including phenoxy) is 2. The van der Waals surface area contributed by atoms with Crippen molar-refractivity contribution in [3.05, 3.63) is 11.9 Å². The molecule has 4 nitrogen and oxygen atoms in total. The Morgan fingerprint density at radius 3 is 2.67 bits per heavy atom. The average molecular weight is 216 g/mol. The van der Waals surface area contributed by atoms with Crippen LogP contribution in [0.3, 0.4) is 0 Å². The maximum absolute atomic E-state index is 13.5. The standard InChI is InChI=1S/C10H13FO4/c1-9(8(12)13)6-10(3-2-7(9)11)14-4-5-15-10/h2H,3-6H2,1H3,(H,12,13). The summed E-state index contributed by atoms with van der Waals surface area (Å²) in [6.07, 6.45) is 1.56. The summed E-state index contributed by atoms with van der Waals surface area (Å²) in [5.41, 5.74) is -1.53. The van der Waals surface area contributed by atoms with Crippen LogP contribution in [0.5, 0.6) is 0 Å². The van der Waals surface area contributed by atoms with Gasteiger partial charge in [0.15, 0.2) is 5.79 Å². The van der Waals surface area contributed by atoms with Crippen LogP contribution < -0.4 is 0 Å². The van der Waals surface area contributed by atoms with E-state index in [1.54, 1.807) is 0 Å². The van der Waals surface area contributed by atoms with Crippen LogP contribution in [0.4, 0.5) is 4.39 Å². The van der Waals surface area contributed by atoms with Crippen molar-refractivity contribution in [1.29, 1.82) is 0 Å². The summed E-state index contributed by atoms with van der Waals surface area (Å²) >= 11 is 0. The topological polar surface area (TPSA) is 55.8 Å². The van der Waals surface area contributed by atoms with Gasteiger partial charge >= 0.3 is 5.97 Å². The van der Waals surface area contributed by atoms with Gasteiger partial charge in [-0.05, 0) is 13.0 Å². The number of carbonyl (C=O) groups is 1. The first kappa shape index (κ1) is 10.6. The second kappa shape index (κ2) is 3.28. The highest BCUT2D eigenvalue weighted by atomic mass is 19.1. The summed E-state index contributed by atoms with van der Waals surface area (Å²) < 4.78 is 24.2. The number of halogens is 1. The first-order chi connectivity index (χ1) is 6.99. The Kier molecular flexibility index (Phi) is 2.31. The van der Waals surface area contributed by atoms with Crippen molar-refractivity contribution in [2.24, 2.45) is 5.41 Å². The summed E-state index contributed by atoms with van der Waals surface area (Å²) in [7, 11) is 0. The van der Waals surface area contributed by atoms with E-state index >= 15 is 0 Å². The molecule has 0 saturated carbocycles. The van der Waals surface area contributed by atoms with Gasteiger partial charge in [-0.15, -0.1) is 0 Å². The fourth-order valence-electron chi connectivity index (χ4n) is 2.06. The van der Waals surface area contributed by atoms with E-state index in [4.69, 9.17) is 14.6 Å². The molecule has 0 aromatic heterocycles. The molecule has 0 radical (unpaired) electrons. The van der Waals surface area contributed by atoms with E-state index in [0.29, 0.717) is 13.2 Å². The van der Waals surface area contributed by atoms with Gasteiger partial charge in [-0.25, -0.2) is 4.39 Å². The molecule has 1 aliphatic heterocycles. The Labute approximate surface area is 86.7 Å². The van der Waals surface area contributed by atoms with Gasteiger partial charge in [0.05, 0.1) is 13.2 Å². The summed E-state index contributed by atoms with van der Waals surface area (Å²) in [6, 6.07) is 0. The molecule has 1 N–H and O–H groups in total. The van der Waals surface area contributed by atoms with Crippen molar-refractivity contribution in [3.63, 3.8) is 0 Å².